The van der Waals surface area contributed by atoms with Gasteiger partial charge in [0.2, 0.25) is 5.91 Å². The Labute approximate surface area is 89.3 Å². The monoisotopic (exact) mass is 215 g/mol. The fourth-order valence-corrected chi connectivity index (χ4v) is 1.12. The van der Waals surface area contributed by atoms with Gasteiger partial charge in [-0.1, -0.05) is 12.1 Å². The average Bonchev–Trinajstić information content (AvgIpc) is 2.15. The van der Waals surface area contributed by atoms with Gasteiger partial charge < -0.3 is 10.8 Å². The molecule has 0 saturated carbocycles. The van der Waals surface area contributed by atoms with Crippen molar-refractivity contribution < 1.29 is 9.90 Å². The van der Waals surface area contributed by atoms with Crippen LogP contribution in [0.5, 0.6) is 0 Å². The summed E-state index contributed by atoms with van der Waals surface area (Å²) < 4.78 is 0. The SMILES string of the molecule is Cl.NC(=O)c1ccc(CCCO)cc1. The van der Waals surface area contributed by atoms with Crippen molar-refractivity contribution in [1.82, 2.24) is 0 Å². The highest BCUT2D eigenvalue weighted by molar-refractivity contribution is 5.92. The summed E-state index contributed by atoms with van der Waals surface area (Å²) in [4.78, 5) is 10.7. The molecule has 0 aliphatic carbocycles. The molecule has 0 unspecified atom stereocenters. The third kappa shape index (κ3) is 3.77. The van der Waals surface area contributed by atoms with Crippen LogP contribution in [-0.4, -0.2) is 17.6 Å². The van der Waals surface area contributed by atoms with E-state index in [1.54, 1.807) is 12.1 Å². The molecule has 0 spiro atoms. The van der Waals surface area contributed by atoms with Crippen LogP contribution in [0, 0.1) is 0 Å². The molecule has 0 aromatic heterocycles. The van der Waals surface area contributed by atoms with Crippen LogP contribution in [0.15, 0.2) is 24.3 Å². The van der Waals surface area contributed by atoms with E-state index < -0.39 is 5.91 Å². The largest absolute Gasteiger partial charge is 0.396 e. The normalized spacial score (nSPS) is 9.21. The Hall–Kier alpha value is -1.06. The zero-order valence-corrected chi connectivity index (χ0v) is 8.59. The maximum Gasteiger partial charge on any atom is 0.248 e. The molecule has 0 aliphatic rings. The lowest BCUT2D eigenvalue weighted by molar-refractivity contribution is 0.100. The minimum absolute atomic E-state index is 0. The third-order valence-corrected chi connectivity index (χ3v) is 1.86. The Balaban J connectivity index is 0.00000169. The Kier molecular flexibility index (Phi) is 5.92. The first-order valence-electron chi connectivity index (χ1n) is 4.23. The molecule has 1 rings (SSSR count). The summed E-state index contributed by atoms with van der Waals surface area (Å²) in [7, 11) is 0. The fraction of sp³-hybridized carbons (Fsp3) is 0.300. The van der Waals surface area contributed by atoms with Gasteiger partial charge in [0.25, 0.3) is 0 Å². The number of amides is 1. The fourth-order valence-electron chi connectivity index (χ4n) is 1.12. The van der Waals surface area contributed by atoms with E-state index in [1.165, 1.54) is 0 Å². The second-order valence-corrected chi connectivity index (χ2v) is 2.89. The van der Waals surface area contributed by atoms with Crippen molar-refractivity contribution >= 4 is 18.3 Å². The molecule has 0 atom stereocenters. The van der Waals surface area contributed by atoms with Crippen molar-refractivity contribution in [1.29, 1.82) is 0 Å². The number of nitrogens with two attached hydrogens (primary N) is 1. The average molecular weight is 216 g/mol. The summed E-state index contributed by atoms with van der Waals surface area (Å²) in [6, 6.07) is 7.12. The van der Waals surface area contributed by atoms with Crippen LogP contribution in [0.2, 0.25) is 0 Å². The first-order chi connectivity index (χ1) is 6.24. The number of benzene rings is 1. The first-order valence-corrected chi connectivity index (χ1v) is 4.23. The van der Waals surface area contributed by atoms with E-state index in [9.17, 15) is 4.79 Å². The van der Waals surface area contributed by atoms with Gasteiger partial charge in [0.15, 0.2) is 0 Å². The van der Waals surface area contributed by atoms with Crippen LogP contribution in [0.3, 0.4) is 0 Å². The summed E-state index contributed by atoms with van der Waals surface area (Å²) in [5, 5.41) is 8.60. The highest BCUT2D eigenvalue weighted by Crippen LogP contribution is 2.05. The van der Waals surface area contributed by atoms with Crippen molar-refractivity contribution in [3.8, 4) is 0 Å². The van der Waals surface area contributed by atoms with E-state index in [2.05, 4.69) is 0 Å². The number of carbonyl (C=O) groups is 1. The quantitative estimate of drug-likeness (QED) is 0.791. The predicted octanol–water partition coefficient (Wildman–Crippen LogP) is 1.13. The minimum atomic E-state index is -0.409. The molecule has 0 aliphatic heterocycles. The summed E-state index contributed by atoms with van der Waals surface area (Å²) >= 11 is 0. The van der Waals surface area contributed by atoms with Crippen LogP contribution < -0.4 is 5.73 Å². The lowest BCUT2D eigenvalue weighted by Gasteiger charge is -2.00. The molecule has 1 aromatic carbocycles. The third-order valence-electron chi connectivity index (χ3n) is 1.86. The first kappa shape index (κ1) is 12.9. The summed E-state index contributed by atoms with van der Waals surface area (Å²) in [6.45, 7) is 0.192. The van der Waals surface area contributed by atoms with Crippen LogP contribution >= 0.6 is 12.4 Å². The van der Waals surface area contributed by atoms with Crippen molar-refractivity contribution in [2.45, 2.75) is 12.8 Å². The van der Waals surface area contributed by atoms with E-state index in [1.807, 2.05) is 12.1 Å². The maximum atomic E-state index is 10.7. The lowest BCUT2D eigenvalue weighted by Crippen LogP contribution is -2.10. The highest BCUT2D eigenvalue weighted by atomic mass is 35.5. The van der Waals surface area contributed by atoms with Gasteiger partial charge >= 0.3 is 0 Å². The number of aryl methyl sites for hydroxylation is 1. The van der Waals surface area contributed by atoms with E-state index in [0.29, 0.717) is 5.56 Å². The van der Waals surface area contributed by atoms with E-state index in [-0.39, 0.29) is 19.0 Å². The van der Waals surface area contributed by atoms with Gasteiger partial charge in [-0.2, -0.15) is 0 Å². The molecule has 1 aromatic rings. The standard InChI is InChI=1S/C10H13NO2.ClH/c11-10(13)9-5-3-8(4-6-9)2-1-7-12;/h3-6,12H,1-2,7H2,(H2,11,13);1H. The van der Waals surface area contributed by atoms with Gasteiger partial charge in [-0.25, -0.2) is 0 Å². The van der Waals surface area contributed by atoms with Crippen LogP contribution in [-0.2, 0) is 6.42 Å². The van der Waals surface area contributed by atoms with Crippen molar-refractivity contribution in [2.75, 3.05) is 6.61 Å². The molecular weight excluding hydrogens is 202 g/mol. The maximum absolute atomic E-state index is 10.7. The molecule has 0 radical (unpaired) electrons. The Morgan fingerprint density at radius 1 is 1.29 bits per heavy atom. The van der Waals surface area contributed by atoms with E-state index in [4.69, 9.17) is 10.8 Å². The molecule has 0 bridgehead atoms. The van der Waals surface area contributed by atoms with Crippen molar-refractivity contribution in [2.24, 2.45) is 5.73 Å². The number of hydrogen-bond acceptors (Lipinski definition) is 2. The number of halogens is 1. The molecule has 4 heteroatoms. The van der Waals surface area contributed by atoms with E-state index in [0.717, 1.165) is 18.4 Å². The highest BCUT2D eigenvalue weighted by Gasteiger charge is 1.98. The van der Waals surface area contributed by atoms with Gasteiger partial charge in [-0.05, 0) is 30.5 Å². The summed E-state index contributed by atoms with van der Waals surface area (Å²) in [6.07, 6.45) is 1.57. The zero-order valence-electron chi connectivity index (χ0n) is 7.77. The van der Waals surface area contributed by atoms with Gasteiger partial charge in [-0.3, -0.25) is 4.79 Å². The second-order valence-electron chi connectivity index (χ2n) is 2.89. The molecule has 78 valence electrons. The number of rotatable bonds is 4. The second kappa shape index (κ2) is 6.40. The Morgan fingerprint density at radius 2 is 1.86 bits per heavy atom. The number of carbonyl (C=O) groups excluding carboxylic acids is 1. The summed E-state index contributed by atoms with van der Waals surface area (Å²) in [5.74, 6) is -0.409. The molecule has 3 N–H and O–H groups in total. The molecule has 0 saturated heterocycles. The molecule has 0 fully saturated rings. The number of aliphatic hydroxyl groups is 1. The van der Waals surface area contributed by atoms with Gasteiger partial charge in [0, 0.05) is 12.2 Å². The predicted molar refractivity (Wildman–Crippen MR) is 57.6 cm³/mol. The Bertz CT molecular complexity index is 285. The van der Waals surface area contributed by atoms with Crippen LogP contribution in [0.1, 0.15) is 22.3 Å². The van der Waals surface area contributed by atoms with E-state index >= 15 is 0 Å². The molecule has 0 heterocycles. The van der Waals surface area contributed by atoms with Gasteiger partial charge in [-0.15, -0.1) is 12.4 Å². The van der Waals surface area contributed by atoms with Crippen LogP contribution in [0.4, 0.5) is 0 Å². The van der Waals surface area contributed by atoms with Crippen molar-refractivity contribution in [3.63, 3.8) is 0 Å². The number of aliphatic hydroxyl groups excluding tert-OH is 1. The molecule has 3 nitrogen and oxygen atoms in total. The molecular formula is C10H14ClNO2. The minimum Gasteiger partial charge on any atom is -0.396 e. The smallest absolute Gasteiger partial charge is 0.248 e. The number of primary amides is 1. The zero-order chi connectivity index (χ0) is 9.68. The van der Waals surface area contributed by atoms with Gasteiger partial charge in [0.05, 0.1) is 0 Å². The van der Waals surface area contributed by atoms with Crippen LogP contribution in [0.25, 0.3) is 0 Å². The summed E-state index contributed by atoms with van der Waals surface area (Å²) in [5.41, 5.74) is 6.72. The number of hydrogen-bond donors (Lipinski definition) is 2. The molecule has 1 amide bonds. The lowest BCUT2D eigenvalue weighted by atomic mass is 10.1. The van der Waals surface area contributed by atoms with Gasteiger partial charge in [0.1, 0.15) is 0 Å². The topological polar surface area (TPSA) is 63.3 Å². The molecule has 14 heavy (non-hydrogen) atoms. The Morgan fingerprint density at radius 3 is 2.29 bits per heavy atom. The van der Waals surface area contributed by atoms with Crippen molar-refractivity contribution in [3.05, 3.63) is 35.4 Å².